The molecule has 15 heavy (non-hydrogen) atoms. The van der Waals surface area contributed by atoms with Gasteiger partial charge in [0.2, 0.25) is 5.95 Å². The van der Waals surface area contributed by atoms with Crippen LogP contribution in [0.25, 0.3) is 0 Å². The Balaban J connectivity index is 2.02. The SMILES string of the molecule is CCNc1ncc(C2CCOCC2)cn1. The van der Waals surface area contributed by atoms with Gasteiger partial charge in [-0.25, -0.2) is 9.97 Å². The van der Waals surface area contributed by atoms with Crippen molar-refractivity contribution in [3.05, 3.63) is 18.0 Å². The fourth-order valence-electron chi connectivity index (χ4n) is 1.83. The zero-order valence-corrected chi connectivity index (χ0v) is 9.07. The van der Waals surface area contributed by atoms with Gasteiger partial charge in [0.15, 0.2) is 0 Å². The highest BCUT2D eigenvalue weighted by molar-refractivity contribution is 5.25. The van der Waals surface area contributed by atoms with Crippen LogP contribution in [0, 0.1) is 0 Å². The van der Waals surface area contributed by atoms with Gasteiger partial charge in [-0.2, -0.15) is 0 Å². The molecule has 0 spiro atoms. The summed E-state index contributed by atoms with van der Waals surface area (Å²) in [7, 11) is 0. The number of hydrogen-bond donors (Lipinski definition) is 1. The van der Waals surface area contributed by atoms with Crippen LogP contribution in [-0.4, -0.2) is 29.7 Å². The fraction of sp³-hybridized carbons (Fsp3) is 0.636. The molecule has 1 N–H and O–H groups in total. The number of nitrogens with one attached hydrogen (secondary N) is 1. The fourth-order valence-corrected chi connectivity index (χ4v) is 1.83. The van der Waals surface area contributed by atoms with Gasteiger partial charge in [-0.15, -0.1) is 0 Å². The Morgan fingerprint density at radius 1 is 1.33 bits per heavy atom. The van der Waals surface area contributed by atoms with E-state index in [2.05, 4.69) is 15.3 Å². The minimum absolute atomic E-state index is 0.578. The lowest BCUT2D eigenvalue weighted by Gasteiger charge is -2.21. The van der Waals surface area contributed by atoms with E-state index in [9.17, 15) is 0 Å². The summed E-state index contributed by atoms with van der Waals surface area (Å²) in [4.78, 5) is 8.56. The molecule has 2 rings (SSSR count). The summed E-state index contributed by atoms with van der Waals surface area (Å²) in [5, 5.41) is 3.09. The summed E-state index contributed by atoms with van der Waals surface area (Å²) >= 11 is 0. The van der Waals surface area contributed by atoms with Gasteiger partial charge in [0.25, 0.3) is 0 Å². The van der Waals surface area contributed by atoms with Crippen LogP contribution in [0.3, 0.4) is 0 Å². The summed E-state index contributed by atoms with van der Waals surface area (Å²) in [5.41, 5.74) is 1.24. The molecule has 0 atom stereocenters. The van der Waals surface area contributed by atoms with Crippen LogP contribution in [0.1, 0.15) is 31.2 Å². The normalized spacial score (nSPS) is 17.7. The first kappa shape index (κ1) is 10.4. The predicted molar refractivity (Wildman–Crippen MR) is 59.0 cm³/mol. The number of anilines is 1. The molecule has 0 unspecified atom stereocenters. The van der Waals surface area contributed by atoms with Gasteiger partial charge in [0.05, 0.1) is 0 Å². The summed E-state index contributed by atoms with van der Waals surface area (Å²) in [6.45, 7) is 4.62. The van der Waals surface area contributed by atoms with E-state index < -0.39 is 0 Å². The van der Waals surface area contributed by atoms with Gasteiger partial charge >= 0.3 is 0 Å². The number of rotatable bonds is 3. The van der Waals surface area contributed by atoms with Crippen LogP contribution < -0.4 is 5.32 Å². The van der Waals surface area contributed by atoms with E-state index in [4.69, 9.17) is 4.74 Å². The van der Waals surface area contributed by atoms with Crippen molar-refractivity contribution >= 4 is 5.95 Å². The molecule has 1 aliphatic rings. The van der Waals surface area contributed by atoms with Crippen molar-refractivity contribution in [2.24, 2.45) is 0 Å². The predicted octanol–water partition coefficient (Wildman–Crippen LogP) is 1.80. The van der Waals surface area contributed by atoms with Crippen molar-refractivity contribution in [3.8, 4) is 0 Å². The third kappa shape index (κ3) is 2.65. The number of hydrogen-bond acceptors (Lipinski definition) is 4. The quantitative estimate of drug-likeness (QED) is 0.821. The van der Waals surface area contributed by atoms with Gasteiger partial charge in [-0.3, -0.25) is 0 Å². The Morgan fingerprint density at radius 2 is 2.00 bits per heavy atom. The largest absolute Gasteiger partial charge is 0.381 e. The van der Waals surface area contributed by atoms with Crippen molar-refractivity contribution in [1.82, 2.24) is 9.97 Å². The molecular formula is C11H17N3O. The summed E-state index contributed by atoms with van der Waals surface area (Å²) in [5.74, 6) is 1.29. The maximum absolute atomic E-state index is 5.33. The minimum Gasteiger partial charge on any atom is -0.381 e. The second kappa shape index (κ2) is 5.07. The van der Waals surface area contributed by atoms with Crippen molar-refractivity contribution in [2.45, 2.75) is 25.7 Å². The molecule has 1 aromatic heterocycles. The third-order valence-corrected chi connectivity index (χ3v) is 2.70. The van der Waals surface area contributed by atoms with Crippen LogP contribution in [-0.2, 0) is 4.74 Å². The van der Waals surface area contributed by atoms with Crippen molar-refractivity contribution in [1.29, 1.82) is 0 Å². The Kier molecular flexibility index (Phi) is 3.50. The van der Waals surface area contributed by atoms with Crippen LogP contribution in [0.4, 0.5) is 5.95 Å². The molecular weight excluding hydrogens is 190 g/mol. The topological polar surface area (TPSA) is 47.0 Å². The van der Waals surface area contributed by atoms with E-state index in [0.717, 1.165) is 32.6 Å². The van der Waals surface area contributed by atoms with Gasteiger partial charge in [0, 0.05) is 32.2 Å². The second-order valence-corrected chi connectivity index (χ2v) is 3.76. The molecule has 0 aliphatic carbocycles. The van der Waals surface area contributed by atoms with Crippen molar-refractivity contribution in [2.75, 3.05) is 25.1 Å². The highest BCUT2D eigenvalue weighted by atomic mass is 16.5. The van der Waals surface area contributed by atoms with Crippen LogP contribution in [0.15, 0.2) is 12.4 Å². The molecule has 1 aliphatic heterocycles. The van der Waals surface area contributed by atoms with Crippen LogP contribution >= 0.6 is 0 Å². The van der Waals surface area contributed by atoms with Crippen molar-refractivity contribution in [3.63, 3.8) is 0 Å². The highest BCUT2D eigenvalue weighted by Gasteiger charge is 2.16. The van der Waals surface area contributed by atoms with Crippen molar-refractivity contribution < 1.29 is 4.74 Å². The van der Waals surface area contributed by atoms with Gasteiger partial charge in [-0.05, 0) is 31.2 Å². The molecule has 0 bridgehead atoms. The molecule has 2 heterocycles. The Labute approximate surface area is 90.1 Å². The molecule has 1 aromatic rings. The molecule has 0 saturated carbocycles. The van der Waals surface area contributed by atoms with E-state index in [1.54, 1.807) is 0 Å². The first-order valence-electron chi connectivity index (χ1n) is 5.53. The first-order valence-corrected chi connectivity index (χ1v) is 5.53. The van der Waals surface area contributed by atoms with E-state index in [1.165, 1.54) is 5.56 Å². The monoisotopic (exact) mass is 207 g/mol. The lowest BCUT2D eigenvalue weighted by molar-refractivity contribution is 0.0852. The Morgan fingerprint density at radius 3 is 2.60 bits per heavy atom. The molecule has 82 valence electrons. The number of nitrogens with zero attached hydrogens (tertiary/aromatic N) is 2. The van der Waals surface area contributed by atoms with E-state index >= 15 is 0 Å². The maximum atomic E-state index is 5.33. The van der Waals surface area contributed by atoms with Gasteiger partial charge in [0.1, 0.15) is 0 Å². The third-order valence-electron chi connectivity index (χ3n) is 2.70. The van der Waals surface area contributed by atoms with Gasteiger partial charge < -0.3 is 10.1 Å². The van der Waals surface area contributed by atoms with Gasteiger partial charge in [-0.1, -0.05) is 0 Å². The zero-order valence-electron chi connectivity index (χ0n) is 9.07. The molecule has 4 heteroatoms. The molecule has 1 fully saturated rings. The summed E-state index contributed by atoms with van der Waals surface area (Å²) < 4.78 is 5.33. The Bertz CT molecular complexity index is 293. The van der Waals surface area contributed by atoms with Crippen LogP contribution in [0.5, 0.6) is 0 Å². The average molecular weight is 207 g/mol. The lowest BCUT2D eigenvalue weighted by atomic mass is 9.94. The number of ether oxygens (including phenoxy) is 1. The van der Waals surface area contributed by atoms with E-state index in [-0.39, 0.29) is 0 Å². The van der Waals surface area contributed by atoms with Crippen LogP contribution in [0.2, 0.25) is 0 Å². The standard InChI is InChI=1S/C11H17N3O/c1-2-12-11-13-7-10(8-14-11)9-3-5-15-6-4-9/h7-9H,2-6H2,1H3,(H,12,13,14). The lowest BCUT2D eigenvalue weighted by Crippen LogP contribution is -2.14. The molecule has 0 radical (unpaired) electrons. The smallest absolute Gasteiger partial charge is 0.222 e. The Hall–Kier alpha value is -1.16. The first-order chi connectivity index (χ1) is 7.40. The zero-order chi connectivity index (χ0) is 10.5. The van der Waals surface area contributed by atoms with E-state index in [1.807, 2.05) is 19.3 Å². The van der Waals surface area contributed by atoms with E-state index in [0.29, 0.717) is 11.9 Å². The second-order valence-electron chi connectivity index (χ2n) is 3.76. The molecule has 4 nitrogen and oxygen atoms in total. The highest BCUT2D eigenvalue weighted by Crippen LogP contribution is 2.25. The minimum atomic E-state index is 0.578. The molecule has 1 saturated heterocycles. The summed E-state index contributed by atoms with van der Waals surface area (Å²) in [6.07, 6.45) is 6.04. The molecule has 0 aromatic carbocycles. The molecule has 0 amide bonds. The number of aromatic nitrogens is 2. The maximum Gasteiger partial charge on any atom is 0.222 e. The summed E-state index contributed by atoms with van der Waals surface area (Å²) in [6, 6.07) is 0. The average Bonchev–Trinajstić information content (AvgIpc) is 2.32.